The van der Waals surface area contributed by atoms with Gasteiger partial charge in [0, 0.05) is 6.54 Å². The van der Waals surface area contributed by atoms with Crippen LogP contribution in [0.3, 0.4) is 0 Å². The summed E-state index contributed by atoms with van der Waals surface area (Å²) < 4.78 is 28.1. The molecule has 0 saturated heterocycles. The van der Waals surface area contributed by atoms with E-state index in [-0.39, 0.29) is 0 Å². The van der Waals surface area contributed by atoms with Crippen LogP contribution in [0.15, 0.2) is 0 Å². The first-order valence-electron chi connectivity index (χ1n) is 5.33. The van der Waals surface area contributed by atoms with E-state index in [1.807, 2.05) is 0 Å². The summed E-state index contributed by atoms with van der Waals surface area (Å²) in [4.78, 5) is 22.5. The van der Waals surface area contributed by atoms with Crippen molar-refractivity contribution in [3.8, 4) is 0 Å². The largest absolute Gasteiger partial charge is 0.469 e. The lowest BCUT2D eigenvalue weighted by Gasteiger charge is -2.15. The zero-order valence-electron chi connectivity index (χ0n) is 10.5. The first-order chi connectivity index (χ1) is 7.76. The first kappa shape index (κ1) is 15.9. The van der Waals surface area contributed by atoms with Gasteiger partial charge < -0.3 is 10.1 Å². The number of carbonyl (C=O) groups is 2. The fourth-order valence-corrected chi connectivity index (χ4v) is 2.77. The van der Waals surface area contributed by atoms with Crippen LogP contribution in [-0.4, -0.2) is 45.0 Å². The number of rotatable bonds is 6. The van der Waals surface area contributed by atoms with Gasteiger partial charge in [0.15, 0.2) is 9.84 Å². The summed E-state index contributed by atoms with van der Waals surface area (Å²) >= 11 is 0. The summed E-state index contributed by atoms with van der Waals surface area (Å²) in [7, 11) is -2.46. The van der Waals surface area contributed by atoms with Gasteiger partial charge >= 0.3 is 5.97 Å². The van der Waals surface area contributed by atoms with Gasteiger partial charge in [-0.25, -0.2) is 8.42 Å². The van der Waals surface area contributed by atoms with Crippen LogP contribution in [0.25, 0.3) is 0 Å². The molecule has 0 aromatic rings. The molecule has 1 amide bonds. The molecule has 0 aromatic carbocycles. The normalized spacial score (nSPS) is 14.8. The van der Waals surface area contributed by atoms with Crippen molar-refractivity contribution < 1.29 is 22.7 Å². The topological polar surface area (TPSA) is 89.5 Å². The molecule has 1 N–H and O–H groups in total. The highest BCUT2D eigenvalue weighted by atomic mass is 32.2. The van der Waals surface area contributed by atoms with Crippen molar-refractivity contribution in [2.45, 2.75) is 26.0 Å². The van der Waals surface area contributed by atoms with Crippen LogP contribution in [0.2, 0.25) is 0 Å². The van der Waals surface area contributed by atoms with Gasteiger partial charge in [-0.2, -0.15) is 0 Å². The van der Waals surface area contributed by atoms with Crippen molar-refractivity contribution in [2.75, 3.05) is 19.4 Å². The second-order valence-corrected chi connectivity index (χ2v) is 6.16. The molecule has 0 heterocycles. The molecule has 0 aliphatic heterocycles. The highest BCUT2D eigenvalue weighted by molar-refractivity contribution is 7.92. The number of carbonyl (C=O) groups excluding carboxylic acids is 2. The average molecular weight is 265 g/mol. The molecule has 0 aromatic heterocycles. The fraction of sp³-hybridized carbons (Fsp3) is 0.800. The Morgan fingerprint density at radius 2 is 1.82 bits per heavy atom. The Kier molecular flexibility index (Phi) is 6.15. The van der Waals surface area contributed by atoms with E-state index in [4.69, 9.17) is 0 Å². The minimum Gasteiger partial charge on any atom is -0.469 e. The number of sulfone groups is 1. The van der Waals surface area contributed by atoms with Crippen LogP contribution < -0.4 is 5.32 Å². The lowest BCUT2D eigenvalue weighted by atomic mass is 10.2. The van der Waals surface area contributed by atoms with E-state index in [0.717, 1.165) is 0 Å². The molecule has 0 saturated carbocycles. The molecule has 7 heteroatoms. The van der Waals surface area contributed by atoms with Crippen LogP contribution in [0.4, 0.5) is 0 Å². The lowest BCUT2D eigenvalue weighted by Crippen LogP contribution is -2.40. The van der Waals surface area contributed by atoms with Crippen molar-refractivity contribution >= 4 is 21.7 Å². The SMILES string of the molecule is CCNC(=O)C(C)S(=O)(=O)CC(C)C(=O)OC. The predicted octanol–water partition coefficient (Wildman–Crippen LogP) is -0.265. The summed E-state index contributed by atoms with van der Waals surface area (Å²) in [5.41, 5.74) is 0. The van der Waals surface area contributed by atoms with Gasteiger partial charge in [0.1, 0.15) is 5.25 Å². The molecule has 0 rings (SSSR count). The van der Waals surface area contributed by atoms with E-state index < -0.39 is 38.6 Å². The lowest BCUT2D eigenvalue weighted by molar-refractivity contribution is -0.144. The number of hydrogen-bond donors (Lipinski definition) is 1. The fourth-order valence-electron chi connectivity index (χ4n) is 1.24. The Balaban J connectivity index is 4.68. The van der Waals surface area contributed by atoms with E-state index in [2.05, 4.69) is 10.1 Å². The van der Waals surface area contributed by atoms with Gasteiger partial charge in [0.05, 0.1) is 18.8 Å². The molecule has 0 radical (unpaired) electrons. The summed E-state index contributed by atoms with van der Waals surface area (Å²) in [5.74, 6) is -2.32. The van der Waals surface area contributed by atoms with Crippen LogP contribution in [0.1, 0.15) is 20.8 Å². The third-order valence-corrected chi connectivity index (χ3v) is 4.60. The minimum atomic E-state index is -3.65. The Morgan fingerprint density at radius 3 is 2.24 bits per heavy atom. The molecule has 0 fully saturated rings. The zero-order valence-corrected chi connectivity index (χ0v) is 11.3. The summed E-state index contributed by atoms with van der Waals surface area (Å²) in [6.45, 7) is 4.83. The zero-order chi connectivity index (χ0) is 13.6. The molecule has 0 aliphatic carbocycles. The average Bonchev–Trinajstić information content (AvgIpc) is 2.26. The smallest absolute Gasteiger partial charge is 0.309 e. The van der Waals surface area contributed by atoms with Gasteiger partial charge in [-0.15, -0.1) is 0 Å². The van der Waals surface area contributed by atoms with E-state index >= 15 is 0 Å². The highest BCUT2D eigenvalue weighted by Crippen LogP contribution is 2.09. The Hall–Kier alpha value is -1.11. The minimum absolute atomic E-state index is 0.366. The van der Waals surface area contributed by atoms with Gasteiger partial charge in [0.2, 0.25) is 5.91 Å². The van der Waals surface area contributed by atoms with Crippen molar-refractivity contribution in [3.63, 3.8) is 0 Å². The van der Waals surface area contributed by atoms with E-state index in [1.54, 1.807) is 6.92 Å². The maximum Gasteiger partial charge on any atom is 0.309 e. The molecule has 0 spiro atoms. The summed E-state index contributed by atoms with van der Waals surface area (Å²) in [6.07, 6.45) is 0. The number of esters is 1. The van der Waals surface area contributed by atoms with E-state index in [9.17, 15) is 18.0 Å². The second kappa shape index (κ2) is 6.58. The molecule has 17 heavy (non-hydrogen) atoms. The molecule has 0 aliphatic rings. The number of hydrogen-bond acceptors (Lipinski definition) is 5. The predicted molar refractivity (Wildman–Crippen MR) is 63.1 cm³/mol. The van der Waals surface area contributed by atoms with Gasteiger partial charge in [-0.3, -0.25) is 9.59 Å². The Morgan fingerprint density at radius 1 is 1.29 bits per heavy atom. The summed E-state index contributed by atoms with van der Waals surface area (Å²) in [5, 5.41) is 1.28. The second-order valence-electron chi connectivity index (χ2n) is 3.79. The van der Waals surface area contributed by atoms with Crippen molar-refractivity contribution in [1.29, 1.82) is 0 Å². The Labute approximate surface area is 102 Å². The molecule has 6 nitrogen and oxygen atoms in total. The maximum atomic E-state index is 11.8. The Bertz CT molecular complexity index is 376. The maximum absolute atomic E-state index is 11.8. The van der Waals surface area contributed by atoms with Crippen molar-refractivity contribution in [3.05, 3.63) is 0 Å². The standard InChI is InChI=1S/C10H19NO5S/c1-5-11-9(12)8(3)17(14,15)6-7(2)10(13)16-4/h7-8H,5-6H2,1-4H3,(H,11,12). The van der Waals surface area contributed by atoms with Crippen molar-refractivity contribution in [1.82, 2.24) is 5.32 Å². The van der Waals surface area contributed by atoms with E-state index in [0.29, 0.717) is 6.54 Å². The first-order valence-corrected chi connectivity index (χ1v) is 7.04. The van der Waals surface area contributed by atoms with Crippen LogP contribution in [0.5, 0.6) is 0 Å². The third-order valence-electron chi connectivity index (χ3n) is 2.34. The highest BCUT2D eigenvalue weighted by Gasteiger charge is 2.31. The monoisotopic (exact) mass is 265 g/mol. The van der Waals surface area contributed by atoms with Crippen LogP contribution in [-0.2, 0) is 24.2 Å². The molecule has 0 bridgehead atoms. The van der Waals surface area contributed by atoms with Crippen LogP contribution in [0, 0.1) is 5.92 Å². The summed E-state index contributed by atoms with van der Waals surface area (Å²) in [6, 6.07) is 0. The molecule has 2 unspecified atom stereocenters. The van der Waals surface area contributed by atoms with E-state index in [1.165, 1.54) is 21.0 Å². The van der Waals surface area contributed by atoms with Crippen molar-refractivity contribution in [2.24, 2.45) is 5.92 Å². The number of ether oxygens (including phenoxy) is 1. The molecule has 100 valence electrons. The number of methoxy groups -OCH3 is 1. The molecule has 2 atom stereocenters. The van der Waals surface area contributed by atoms with Crippen LogP contribution >= 0.6 is 0 Å². The van der Waals surface area contributed by atoms with Gasteiger partial charge in [-0.1, -0.05) is 6.92 Å². The van der Waals surface area contributed by atoms with Gasteiger partial charge in [-0.05, 0) is 13.8 Å². The molecular formula is C10H19NO5S. The molecular weight excluding hydrogens is 246 g/mol. The quantitative estimate of drug-likeness (QED) is 0.668. The number of nitrogens with one attached hydrogen (secondary N) is 1. The number of amides is 1. The van der Waals surface area contributed by atoms with Gasteiger partial charge in [0.25, 0.3) is 0 Å². The third kappa shape index (κ3) is 4.72.